The summed E-state index contributed by atoms with van der Waals surface area (Å²) in [6.07, 6.45) is 0.788. The summed E-state index contributed by atoms with van der Waals surface area (Å²) in [5.74, 6) is -0.816. The molecule has 0 spiro atoms. The molecule has 2 aromatic rings. The molecule has 2 amide bonds. The van der Waals surface area contributed by atoms with E-state index in [9.17, 15) is 9.59 Å². The first kappa shape index (κ1) is 16.2. The normalized spacial score (nSPS) is 13.1. The van der Waals surface area contributed by atoms with Gasteiger partial charge in [0.25, 0.3) is 0 Å². The Kier molecular flexibility index (Phi) is 4.38. The van der Waals surface area contributed by atoms with Gasteiger partial charge < -0.3 is 10.2 Å². The van der Waals surface area contributed by atoms with Crippen molar-refractivity contribution in [2.45, 2.75) is 33.1 Å². The maximum atomic E-state index is 12.6. The molecule has 0 aromatic heterocycles. The van der Waals surface area contributed by atoms with Crippen LogP contribution in [0.25, 0.3) is 0 Å². The van der Waals surface area contributed by atoms with Crippen molar-refractivity contribution >= 4 is 23.2 Å². The number of carbonyl (C=O) groups excluding carboxylic acids is 2. The van der Waals surface area contributed by atoms with Crippen LogP contribution in [0.15, 0.2) is 42.5 Å². The van der Waals surface area contributed by atoms with E-state index >= 15 is 0 Å². The summed E-state index contributed by atoms with van der Waals surface area (Å²) >= 11 is 0. The number of fused-ring (bicyclic) bond motifs is 1. The van der Waals surface area contributed by atoms with Gasteiger partial charge in [0.1, 0.15) is 0 Å². The summed E-state index contributed by atoms with van der Waals surface area (Å²) in [5, 5.41) is 2.84. The maximum Gasteiger partial charge on any atom is 0.316 e. The van der Waals surface area contributed by atoms with E-state index in [0.29, 0.717) is 6.54 Å². The van der Waals surface area contributed by atoms with Gasteiger partial charge in [0.15, 0.2) is 0 Å². The third kappa shape index (κ3) is 2.92. The molecular formula is C20H22N2O2. The van der Waals surface area contributed by atoms with Gasteiger partial charge in [0.2, 0.25) is 0 Å². The Morgan fingerprint density at radius 3 is 2.58 bits per heavy atom. The van der Waals surface area contributed by atoms with Crippen molar-refractivity contribution in [3.8, 4) is 0 Å². The summed E-state index contributed by atoms with van der Waals surface area (Å²) in [5.41, 5.74) is 4.70. The van der Waals surface area contributed by atoms with Crippen LogP contribution in [0.5, 0.6) is 0 Å². The minimum Gasteiger partial charge on any atom is -0.317 e. The lowest BCUT2D eigenvalue weighted by Crippen LogP contribution is -2.39. The van der Waals surface area contributed by atoms with Crippen LogP contribution in [0.1, 0.15) is 36.5 Å². The molecular weight excluding hydrogens is 300 g/mol. The quantitative estimate of drug-likeness (QED) is 0.858. The molecule has 2 aromatic carbocycles. The van der Waals surface area contributed by atoms with Gasteiger partial charge in [0, 0.05) is 17.9 Å². The van der Waals surface area contributed by atoms with Crippen LogP contribution in [0.3, 0.4) is 0 Å². The SMILES string of the molecule is Cc1cccc(C(C)C)c1NC(=O)C(=O)N1CCc2ccccc21. The predicted molar refractivity (Wildman–Crippen MR) is 96.4 cm³/mol. The zero-order valence-electron chi connectivity index (χ0n) is 14.3. The second kappa shape index (κ2) is 6.48. The monoisotopic (exact) mass is 322 g/mol. The molecule has 0 unspecified atom stereocenters. The Morgan fingerprint density at radius 2 is 1.83 bits per heavy atom. The van der Waals surface area contributed by atoms with Crippen molar-refractivity contribution in [1.29, 1.82) is 0 Å². The summed E-state index contributed by atoms with van der Waals surface area (Å²) in [6, 6.07) is 13.6. The molecule has 0 saturated heterocycles. The molecule has 0 atom stereocenters. The number of benzene rings is 2. The molecule has 124 valence electrons. The number of hydrogen-bond donors (Lipinski definition) is 1. The summed E-state index contributed by atoms with van der Waals surface area (Å²) in [4.78, 5) is 26.7. The van der Waals surface area contributed by atoms with Crippen molar-refractivity contribution in [3.63, 3.8) is 0 Å². The van der Waals surface area contributed by atoms with Crippen LogP contribution >= 0.6 is 0 Å². The van der Waals surface area contributed by atoms with Gasteiger partial charge in [-0.3, -0.25) is 9.59 Å². The third-order valence-electron chi connectivity index (χ3n) is 4.49. The van der Waals surface area contributed by atoms with E-state index in [-0.39, 0.29) is 5.92 Å². The van der Waals surface area contributed by atoms with E-state index in [1.807, 2.05) is 49.4 Å². The Hall–Kier alpha value is -2.62. The molecule has 1 aliphatic heterocycles. The molecule has 0 bridgehead atoms. The van der Waals surface area contributed by atoms with Gasteiger partial charge in [-0.05, 0) is 42.0 Å². The fourth-order valence-electron chi connectivity index (χ4n) is 3.18. The lowest BCUT2D eigenvalue weighted by molar-refractivity contribution is -0.134. The van der Waals surface area contributed by atoms with Crippen LogP contribution in [-0.4, -0.2) is 18.4 Å². The van der Waals surface area contributed by atoms with Gasteiger partial charge in [-0.25, -0.2) is 0 Å². The van der Waals surface area contributed by atoms with Gasteiger partial charge in [-0.2, -0.15) is 0 Å². The Morgan fingerprint density at radius 1 is 1.08 bits per heavy atom. The van der Waals surface area contributed by atoms with E-state index in [2.05, 4.69) is 19.2 Å². The van der Waals surface area contributed by atoms with Crippen LogP contribution in [-0.2, 0) is 16.0 Å². The second-order valence-corrected chi connectivity index (χ2v) is 6.48. The third-order valence-corrected chi connectivity index (χ3v) is 4.49. The highest BCUT2D eigenvalue weighted by atomic mass is 16.2. The minimum atomic E-state index is -0.581. The van der Waals surface area contributed by atoms with Crippen LogP contribution in [0.4, 0.5) is 11.4 Å². The maximum absolute atomic E-state index is 12.6. The average molecular weight is 322 g/mol. The topological polar surface area (TPSA) is 49.4 Å². The van der Waals surface area contributed by atoms with Gasteiger partial charge >= 0.3 is 11.8 Å². The van der Waals surface area contributed by atoms with Gasteiger partial charge in [-0.1, -0.05) is 50.2 Å². The number of nitrogens with zero attached hydrogens (tertiary/aromatic N) is 1. The van der Waals surface area contributed by atoms with Crippen LogP contribution < -0.4 is 10.2 Å². The zero-order valence-corrected chi connectivity index (χ0v) is 14.3. The highest BCUT2D eigenvalue weighted by Crippen LogP contribution is 2.29. The van der Waals surface area contributed by atoms with Gasteiger partial charge in [0.05, 0.1) is 0 Å². The molecule has 24 heavy (non-hydrogen) atoms. The standard InChI is InChI=1S/C20H22N2O2/c1-13(2)16-9-6-7-14(3)18(16)21-19(23)20(24)22-12-11-15-8-4-5-10-17(15)22/h4-10,13H,11-12H2,1-3H3,(H,21,23). The number of rotatable bonds is 2. The van der Waals surface area contributed by atoms with Crippen molar-refractivity contribution in [1.82, 2.24) is 0 Å². The second-order valence-electron chi connectivity index (χ2n) is 6.48. The van der Waals surface area contributed by atoms with Gasteiger partial charge in [-0.15, -0.1) is 0 Å². The Balaban J connectivity index is 1.83. The predicted octanol–water partition coefficient (Wildman–Crippen LogP) is 3.65. The Labute approximate surface area is 142 Å². The molecule has 0 radical (unpaired) electrons. The smallest absolute Gasteiger partial charge is 0.316 e. The number of aryl methyl sites for hydroxylation is 1. The van der Waals surface area contributed by atoms with Crippen LogP contribution in [0.2, 0.25) is 0 Å². The average Bonchev–Trinajstić information content (AvgIpc) is 2.99. The summed E-state index contributed by atoms with van der Waals surface area (Å²) < 4.78 is 0. The summed E-state index contributed by atoms with van der Waals surface area (Å²) in [6.45, 7) is 6.64. The molecule has 0 fully saturated rings. The van der Waals surface area contributed by atoms with Crippen molar-refractivity contribution < 1.29 is 9.59 Å². The number of nitrogens with one attached hydrogen (secondary N) is 1. The van der Waals surface area contributed by atoms with Crippen molar-refractivity contribution in [2.24, 2.45) is 0 Å². The number of anilines is 2. The van der Waals surface area contributed by atoms with E-state index in [4.69, 9.17) is 0 Å². The van der Waals surface area contributed by atoms with E-state index < -0.39 is 11.8 Å². The van der Waals surface area contributed by atoms with E-state index in [1.54, 1.807) is 4.90 Å². The molecule has 4 nitrogen and oxygen atoms in total. The first-order valence-corrected chi connectivity index (χ1v) is 8.29. The molecule has 4 heteroatoms. The fourth-order valence-corrected chi connectivity index (χ4v) is 3.18. The minimum absolute atomic E-state index is 0.266. The molecule has 1 N–H and O–H groups in total. The Bertz CT molecular complexity index is 796. The van der Waals surface area contributed by atoms with Crippen molar-refractivity contribution in [3.05, 3.63) is 59.2 Å². The lowest BCUT2D eigenvalue weighted by Gasteiger charge is -2.19. The molecule has 1 heterocycles. The molecule has 0 saturated carbocycles. The fraction of sp³-hybridized carbons (Fsp3) is 0.300. The highest BCUT2D eigenvalue weighted by molar-refractivity contribution is 6.44. The van der Waals surface area contributed by atoms with Crippen molar-refractivity contribution in [2.75, 3.05) is 16.8 Å². The number of carbonyl (C=O) groups is 2. The molecule has 3 rings (SSSR count). The number of para-hydroxylation sites is 2. The number of hydrogen-bond acceptors (Lipinski definition) is 2. The first-order valence-electron chi connectivity index (χ1n) is 8.29. The van der Waals surface area contributed by atoms with E-state index in [1.165, 1.54) is 0 Å². The molecule has 0 aliphatic carbocycles. The largest absolute Gasteiger partial charge is 0.317 e. The first-order chi connectivity index (χ1) is 11.5. The van der Waals surface area contributed by atoms with E-state index in [0.717, 1.165) is 34.5 Å². The molecule has 1 aliphatic rings. The summed E-state index contributed by atoms with van der Waals surface area (Å²) in [7, 11) is 0. The lowest BCUT2D eigenvalue weighted by atomic mass is 9.98. The highest BCUT2D eigenvalue weighted by Gasteiger charge is 2.29. The number of amides is 2. The van der Waals surface area contributed by atoms with Crippen LogP contribution in [0, 0.1) is 6.92 Å². The zero-order chi connectivity index (χ0) is 17.3.